The summed E-state index contributed by atoms with van der Waals surface area (Å²) >= 11 is 0. The summed E-state index contributed by atoms with van der Waals surface area (Å²) in [5.41, 5.74) is 0.329. The lowest BCUT2D eigenvalue weighted by atomic mass is 9.79. The fourth-order valence-electron chi connectivity index (χ4n) is 4.87. The van der Waals surface area contributed by atoms with Gasteiger partial charge in [-0.05, 0) is 61.3 Å². The van der Waals surface area contributed by atoms with E-state index in [1.54, 1.807) is 26.1 Å². The Hall–Kier alpha value is -2.95. The lowest BCUT2D eigenvalue weighted by Gasteiger charge is -2.36. The molecule has 1 unspecified atom stereocenters. The maximum Gasteiger partial charge on any atom is 0.419 e. The van der Waals surface area contributed by atoms with Crippen molar-refractivity contribution in [1.82, 2.24) is 19.7 Å². The number of alkyl halides is 3. The van der Waals surface area contributed by atoms with Gasteiger partial charge in [-0.1, -0.05) is 6.92 Å². The lowest BCUT2D eigenvalue weighted by molar-refractivity contribution is -0.137. The molecule has 2 heterocycles. The Kier molecular flexibility index (Phi) is 5.05. The standard InChI is InChI=1S/C23H24F3N5O2S/c1-13-6-16(34(32,33)17-8-22(9-17)7-14(22)2)4-5-19(13)29-21-27-11-18(23(24,25)26)20(30-21)15-10-28-31(3)12-15/h4-6,10-12,14,17H,7-9H2,1-3H3,(H,27,29,30). The maximum atomic E-state index is 13.5. The molecule has 0 aliphatic heterocycles. The van der Waals surface area contributed by atoms with Gasteiger partial charge in [-0.15, -0.1) is 0 Å². The molecule has 1 N–H and O–H groups in total. The first kappa shape index (κ1) is 22.8. The molecule has 5 rings (SSSR count). The predicted octanol–water partition coefficient (Wildman–Crippen LogP) is 4.91. The van der Waals surface area contributed by atoms with E-state index < -0.39 is 21.6 Å². The molecule has 1 aromatic carbocycles. The van der Waals surface area contributed by atoms with Crippen molar-refractivity contribution in [3.63, 3.8) is 0 Å². The monoisotopic (exact) mass is 491 g/mol. The summed E-state index contributed by atoms with van der Waals surface area (Å²) in [6, 6.07) is 4.71. The number of hydrogen-bond donors (Lipinski definition) is 1. The van der Waals surface area contributed by atoms with E-state index in [0.29, 0.717) is 30.0 Å². The average Bonchev–Trinajstić information content (AvgIpc) is 3.22. The van der Waals surface area contributed by atoms with Crippen molar-refractivity contribution in [2.45, 2.75) is 49.4 Å². The molecule has 3 aromatic rings. The van der Waals surface area contributed by atoms with Gasteiger partial charge in [0.1, 0.15) is 5.56 Å². The third kappa shape index (κ3) is 3.85. The summed E-state index contributed by atoms with van der Waals surface area (Å²) in [4.78, 5) is 8.19. The van der Waals surface area contributed by atoms with Crippen molar-refractivity contribution in [2.75, 3.05) is 5.32 Å². The fourth-order valence-corrected chi connectivity index (χ4v) is 6.95. The molecular weight excluding hydrogens is 467 g/mol. The maximum absolute atomic E-state index is 13.5. The van der Waals surface area contributed by atoms with E-state index in [1.165, 1.54) is 23.1 Å². The second-order valence-electron chi connectivity index (χ2n) is 9.50. The van der Waals surface area contributed by atoms with Crippen molar-refractivity contribution in [3.8, 4) is 11.3 Å². The first-order chi connectivity index (χ1) is 15.9. The molecule has 2 aliphatic rings. The number of nitrogens with zero attached hydrogens (tertiary/aromatic N) is 4. The molecule has 0 amide bonds. The predicted molar refractivity (Wildman–Crippen MR) is 120 cm³/mol. The van der Waals surface area contributed by atoms with Crippen molar-refractivity contribution < 1.29 is 21.6 Å². The van der Waals surface area contributed by atoms with Gasteiger partial charge in [0.15, 0.2) is 9.84 Å². The molecule has 0 radical (unpaired) electrons. The molecule has 180 valence electrons. The molecule has 0 saturated heterocycles. The number of nitrogens with one attached hydrogen (secondary N) is 1. The SMILES string of the molecule is Cc1cc(S(=O)(=O)C2CC3(CC3C)C2)ccc1Nc1ncc(C(F)(F)F)c(-c2cnn(C)c2)n1. The normalized spacial score (nSPS) is 24.2. The lowest BCUT2D eigenvalue weighted by Crippen LogP contribution is -2.38. The van der Waals surface area contributed by atoms with Crippen molar-refractivity contribution in [1.29, 1.82) is 0 Å². The van der Waals surface area contributed by atoms with Crippen LogP contribution in [0.2, 0.25) is 0 Å². The third-order valence-electron chi connectivity index (χ3n) is 7.15. The van der Waals surface area contributed by atoms with Crippen LogP contribution in [0.1, 0.15) is 37.3 Å². The van der Waals surface area contributed by atoms with Crippen molar-refractivity contribution >= 4 is 21.5 Å². The Morgan fingerprint density at radius 1 is 1.18 bits per heavy atom. The van der Waals surface area contributed by atoms with Gasteiger partial charge in [0.25, 0.3) is 0 Å². The first-order valence-corrected chi connectivity index (χ1v) is 12.5. The van der Waals surface area contributed by atoms with Crippen LogP contribution in [0.4, 0.5) is 24.8 Å². The topological polar surface area (TPSA) is 89.8 Å². The molecule has 2 fully saturated rings. The van der Waals surface area contributed by atoms with Gasteiger partial charge in [0.2, 0.25) is 5.95 Å². The van der Waals surface area contributed by atoms with Crippen LogP contribution < -0.4 is 5.32 Å². The highest BCUT2D eigenvalue weighted by atomic mass is 32.2. The quantitative estimate of drug-likeness (QED) is 0.546. The third-order valence-corrected chi connectivity index (χ3v) is 9.27. The molecule has 1 spiro atoms. The highest BCUT2D eigenvalue weighted by molar-refractivity contribution is 7.92. The molecule has 11 heteroatoms. The van der Waals surface area contributed by atoms with Gasteiger partial charge in [-0.3, -0.25) is 4.68 Å². The minimum atomic E-state index is -4.63. The van der Waals surface area contributed by atoms with Crippen molar-refractivity contribution in [3.05, 3.63) is 47.9 Å². The van der Waals surface area contributed by atoms with Crippen LogP contribution in [0.5, 0.6) is 0 Å². The molecule has 0 bridgehead atoms. The largest absolute Gasteiger partial charge is 0.419 e. The van der Waals surface area contributed by atoms with Gasteiger partial charge in [-0.25, -0.2) is 18.4 Å². The van der Waals surface area contributed by atoms with Crippen LogP contribution in [-0.2, 0) is 23.1 Å². The Morgan fingerprint density at radius 3 is 2.44 bits per heavy atom. The van der Waals surface area contributed by atoms with E-state index in [2.05, 4.69) is 27.3 Å². The molecule has 2 aromatic heterocycles. The van der Waals surface area contributed by atoms with E-state index in [-0.39, 0.29) is 32.8 Å². The van der Waals surface area contributed by atoms with Crippen LogP contribution in [0, 0.1) is 18.3 Å². The Morgan fingerprint density at radius 2 is 1.88 bits per heavy atom. The zero-order valence-corrected chi connectivity index (χ0v) is 19.7. The average molecular weight is 492 g/mol. The zero-order chi connectivity index (χ0) is 24.5. The number of sulfone groups is 1. The van der Waals surface area contributed by atoms with E-state index in [4.69, 9.17) is 0 Å². The summed E-state index contributed by atoms with van der Waals surface area (Å²) in [6.45, 7) is 3.90. The summed E-state index contributed by atoms with van der Waals surface area (Å²) in [6.07, 6.45) is 1.39. The van der Waals surface area contributed by atoms with Crippen LogP contribution in [-0.4, -0.2) is 33.4 Å². The number of anilines is 2. The summed E-state index contributed by atoms with van der Waals surface area (Å²) in [5, 5.41) is 6.50. The Labute approximate surface area is 195 Å². The molecule has 34 heavy (non-hydrogen) atoms. The second-order valence-corrected chi connectivity index (χ2v) is 11.7. The number of aromatic nitrogens is 4. The Bertz CT molecular complexity index is 1380. The summed E-state index contributed by atoms with van der Waals surface area (Å²) < 4.78 is 68.0. The molecule has 2 saturated carbocycles. The summed E-state index contributed by atoms with van der Waals surface area (Å²) in [5.74, 6) is 0.571. The number of halogens is 3. The summed E-state index contributed by atoms with van der Waals surface area (Å²) in [7, 11) is -1.82. The van der Waals surface area contributed by atoms with Crippen LogP contribution >= 0.6 is 0 Å². The van der Waals surface area contributed by atoms with Crippen LogP contribution in [0.25, 0.3) is 11.3 Å². The molecule has 1 atom stereocenters. The van der Waals surface area contributed by atoms with Crippen LogP contribution in [0.15, 0.2) is 41.7 Å². The number of benzene rings is 1. The van der Waals surface area contributed by atoms with Gasteiger partial charge >= 0.3 is 6.18 Å². The minimum absolute atomic E-state index is 0.0331. The first-order valence-electron chi connectivity index (χ1n) is 10.9. The number of rotatable bonds is 5. The molecule has 2 aliphatic carbocycles. The zero-order valence-electron chi connectivity index (χ0n) is 18.9. The van der Waals surface area contributed by atoms with E-state index in [0.717, 1.165) is 12.6 Å². The molecule has 7 nitrogen and oxygen atoms in total. The molecular formula is C23H24F3N5O2S. The fraction of sp³-hybridized carbons (Fsp3) is 0.435. The smallest absolute Gasteiger partial charge is 0.324 e. The van der Waals surface area contributed by atoms with Gasteiger partial charge in [0.05, 0.1) is 22.0 Å². The van der Waals surface area contributed by atoms with E-state index in [9.17, 15) is 21.6 Å². The highest BCUT2D eigenvalue weighted by Gasteiger charge is 2.62. The van der Waals surface area contributed by atoms with Gasteiger partial charge < -0.3 is 5.32 Å². The van der Waals surface area contributed by atoms with Crippen LogP contribution in [0.3, 0.4) is 0 Å². The minimum Gasteiger partial charge on any atom is -0.324 e. The van der Waals surface area contributed by atoms with E-state index in [1.807, 2.05) is 0 Å². The number of aryl methyl sites for hydroxylation is 2. The van der Waals surface area contributed by atoms with Crippen molar-refractivity contribution in [2.24, 2.45) is 18.4 Å². The van der Waals surface area contributed by atoms with E-state index >= 15 is 0 Å². The van der Waals surface area contributed by atoms with Gasteiger partial charge in [-0.2, -0.15) is 18.3 Å². The highest BCUT2D eigenvalue weighted by Crippen LogP contribution is 2.67. The van der Waals surface area contributed by atoms with Gasteiger partial charge in [0, 0.05) is 30.7 Å². The second kappa shape index (κ2) is 7.53. The number of hydrogen-bond acceptors (Lipinski definition) is 6. The Balaban J connectivity index is 1.40.